The number of carbonyl (C=O) groups is 1. The molecule has 1 aliphatic heterocycles. The number of ether oxygens (including phenoxy) is 1. The van der Waals surface area contributed by atoms with Gasteiger partial charge in [-0.1, -0.05) is 23.4 Å². The van der Waals surface area contributed by atoms with Crippen LogP contribution in [0.1, 0.15) is 38.3 Å². The van der Waals surface area contributed by atoms with Gasteiger partial charge in [-0.25, -0.2) is 9.07 Å². The van der Waals surface area contributed by atoms with Crippen LogP contribution in [0.3, 0.4) is 0 Å². The van der Waals surface area contributed by atoms with Gasteiger partial charge in [0.25, 0.3) is 11.5 Å². The van der Waals surface area contributed by atoms with Crippen molar-refractivity contribution < 1.29 is 13.9 Å². The summed E-state index contributed by atoms with van der Waals surface area (Å²) in [4.78, 5) is 28.0. The molecule has 2 aromatic carbocycles. The summed E-state index contributed by atoms with van der Waals surface area (Å²) < 4.78 is 23.3. The second kappa shape index (κ2) is 10.6. The van der Waals surface area contributed by atoms with E-state index in [4.69, 9.17) is 4.74 Å². The summed E-state index contributed by atoms with van der Waals surface area (Å²) in [6, 6.07) is 12.4. The van der Waals surface area contributed by atoms with Gasteiger partial charge in [-0.15, -0.1) is 5.10 Å². The summed E-state index contributed by atoms with van der Waals surface area (Å²) in [5, 5.41) is 10.7. The van der Waals surface area contributed by atoms with E-state index >= 15 is 4.39 Å². The number of nitrogens with one attached hydrogen (secondary N) is 1. The maximum atomic E-state index is 15.1. The third-order valence-corrected chi connectivity index (χ3v) is 6.77. The number of benzene rings is 2. The van der Waals surface area contributed by atoms with Gasteiger partial charge in [0.05, 0.1) is 31.2 Å². The quantitative estimate of drug-likeness (QED) is 0.406. The highest BCUT2D eigenvalue weighted by Gasteiger charge is 2.18. The van der Waals surface area contributed by atoms with Crippen LogP contribution in [0.15, 0.2) is 59.7 Å². The lowest BCUT2D eigenvalue weighted by atomic mass is 9.97. The molecule has 5 rings (SSSR count). The molecule has 0 unspecified atom stereocenters. The van der Waals surface area contributed by atoms with E-state index < -0.39 is 11.7 Å². The Balaban J connectivity index is 1.32. The van der Waals surface area contributed by atoms with Crippen molar-refractivity contribution in [1.29, 1.82) is 0 Å². The molecule has 2 aromatic heterocycles. The molecule has 9 nitrogen and oxygen atoms in total. The Morgan fingerprint density at radius 3 is 2.74 bits per heavy atom. The summed E-state index contributed by atoms with van der Waals surface area (Å²) in [7, 11) is 3.47. The highest BCUT2D eigenvalue weighted by molar-refractivity contribution is 5.94. The molecule has 196 valence electrons. The van der Waals surface area contributed by atoms with E-state index in [1.165, 1.54) is 35.1 Å². The van der Waals surface area contributed by atoms with Crippen molar-refractivity contribution in [3.05, 3.63) is 105 Å². The third-order valence-electron chi connectivity index (χ3n) is 6.77. The van der Waals surface area contributed by atoms with Crippen LogP contribution in [0.25, 0.3) is 5.69 Å². The molecule has 0 fully saturated rings. The van der Waals surface area contributed by atoms with Crippen LogP contribution < -0.4 is 15.6 Å². The number of fused-ring (bicyclic) bond motifs is 1. The average molecular weight is 517 g/mol. The molecule has 4 aromatic rings. The molecule has 10 heteroatoms. The number of methoxy groups -OCH3 is 1. The molecule has 38 heavy (non-hydrogen) atoms. The molecule has 3 heterocycles. The van der Waals surface area contributed by atoms with E-state index in [0.717, 1.165) is 25.1 Å². The highest BCUT2D eigenvalue weighted by atomic mass is 19.1. The summed E-state index contributed by atoms with van der Waals surface area (Å²) >= 11 is 0. The average Bonchev–Trinajstić information content (AvgIpc) is 3.34. The third kappa shape index (κ3) is 5.21. The van der Waals surface area contributed by atoms with Crippen LogP contribution in [0, 0.1) is 12.7 Å². The monoisotopic (exact) mass is 516 g/mol. The Hall–Kier alpha value is -4.31. The second-order valence-electron chi connectivity index (χ2n) is 9.54. The fourth-order valence-electron chi connectivity index (χ4n) is 4.69. The predicted octanol–water partition coefficient (Wildman–Crippen LogP) is 2.85. The maximum Gasteiger partial charge on any atom is 0.251 e. The second-order valence-corrected chi connectivity index (χ2v) is 9.54. The van der Waals surface area contributed by atoms with E-state index in [9.17, 15) is 9.59 Å². The molecular formula is C28H29FN6O3. The van der Waals surface area contributed by atoms with E-state index in [-0.39, 0.29) is 29.0 Å². The van der Waals surface area contributed by atoms with Crippen LogP contribution in [-0.4, -0.2) is 51.1 Å². The van der Waals surface area contributed by atoms with Crippen molar-refractivity contribution in [1.82, 2.24) is 29.8 Å². The topological polar surface area (TPSA) is 94.3 Å². The van der Waals surface area contributed by atoms with Crippen LogP contribution in [-0.2, 0) is 26.1 Å². The van der Waals surface area contributed by atoms with Crippen LogP contribution in [0.5, 0.6) is 5.75 Å². The number of aromatic nitrogens is 4. The van der Waals surface area contributed by atoms with Crippen molar-refractivity contribution in [2.75, 3.05) is 20.7 Å². The Morgan fingerprint density at radius 2 is 2.00 bits per heavy atom. The molecule has 0 saturated heterocycles. The summed E-state index contributed by atoms with van der Waals surface area (Å²) in [5.41, 5.74) is 4.84. The standard InChI is InChI=1S/C28H29FN6O3/c1-18-15-35(32-31-18)24-6-7-25(38-3)27(29)23(24)14-30-28(37)21-9-11-34(26(36)13-21)16-19-4-5-20-8-10-33(2)17-22(20)12-19/h4-7,9,11-13,15H,8,10,14,16-17H2,1-3H3,(H,30,37). The van der Waals surface area contributed by atoms with Crippen LogP contribution >= 0.6 is 0 Å². The first-order valence-electron chi connectivity index (χ1n) is 12.3. The molecule has 0 spiro atoms. The van der Waals surface area contributed by atoms with Crippen molar-refractivity contribution in [2.45, 2.75) is 33.0 Å². The van der Waals surface area contributed by atoms with E-state index in [0.29, 0.717) is 17.9 Å². The number of hydrogen-bond acceptors (Lipinski definition) is 6. The van der Waals surface area contributed by atoms with E-state index in [2.05, 4.69) is 39.7 Å². The van der Waals surface area contributed by atoms with Gasteiger partial charge in [0.1, 0.15) is 0 Å². The maximum absolute atomic E-state index is 15.1. The van der Waals surface area contributed by atoms with E-state index in [1.807, 2.05) is 6.07 Å². The first-order valence-corrected chi connectivity index (χ1v) is 12.3. The van der Waals surface area contributed by atoms with Gasteiger partial charge in [0.2, 0.25) is 0 Å². The predicted molar refractivity (Wildman–Crippen MR) is 140 cm³/mol. The Bertz CT molecular complexity index is 1560. The Morgan fingerprint density at radius 1 is 1.16 bits per heavy atom. The minimum absolute atomic E-state index is 0.0475. The van der Waals surface area contributed by atoms with Gasteiger partial charge >= 0.3 is 0 Å². The molecule has 0 saturated carbocycles. The Kier molecular flexibility index (Phi) is 7.06. The zero-order chi connectivity index (χ0) is 26.8. The minimum atomic E-state index is -0.606. The van der Waals surface area contributed by atoms with Gasteiger partial charge < -0.3 is 19.5 Å². The SMILES string of the molecule is COc1ccc(-n2cc(C)nn2)c(CNC(=O)c2ccn(Cc3ccc4c(c3)CN(C)CC4)c(=O)c2)c1F. The highest BCUT2D eigenvalue weighted by Crippen LogP contribution is 2.26. The van der Waals surface area contributed by atoms with Crippen molar-refractivity contribution in [3.63, 3.8) is 0 Å². The number of amides is 1. The number of pyridine rings is 1. The van der Waals surface area contributed by atoms with Gasteiger partial charge in [0, 0.05) is 43.0 Å². The smallest absolute Gasteiger partial charge is 0.251 e. The molecule has 0 atom stereocenters. The first kappa shape index (κ1) is 25.3. The van der Waals surface area contributed by atoms with Crippen LogP contribution in [0.2, 0.25) is 0 Å². The lowest BCUT2D eigenvalue weighted by Crippen LogP contribution is -2.28. The number of hydrogen-bond donors (Lipinski definition) is 1. The molecule has 0 bridgehead atoms. The Labute approximate surface area is 219 Å². The summed E-state index contributed by atoms with van der Waals surface area (Å²) in [5.74, 6) is -1.05. The summed E-state index contributed by atoms with van der Waals surface area (Å²) in [6.45, 7) is 3.98. The van der Waals surface area contributed by atoms with Gasteiger partial charge in [-0.3, -0.25) is 9.59 Å². The van der Waals surface area contributed by atoms with Crippen LogP contribution in [0.4, 0.5) is 4.39 Å². The molecular weight excluding hydrogens is 487 g/mol. The van der Waals surface area contributed by atoms with E-state index in [1.54, 1.807) is 36.0 Å². The minimum Gasteiger partial charge on any atom is -0.494 e. The van der Waals surface area contributed by atoms with Crippen molar-refractivity contribution in [3.8, 4) is 11.4 Å². The first-order chi connectivity index (χ1) is 18.3. The zero-order valence-electron chi connectivity index (χ0n) is 21.6. The number of likely N-dealkylation sites (N-methyl/N-ethyl adjacent to an activating group) is 1. The fourth-order valence-corrected chi connectivity index (χ4v) is 4.69. The fraction of sp³-hybridized carbons (Fsp3) is 0.286. The summed E-state index contributed by atoms with van der Waals surface area (Å²) in [6.07, 6.45) is 4.29. The molecule has 1 amide bonds. The number of aryl methyl sites for hydroxylation is 1. The van der Waals surface area contributed by atoms with Gasteiger partial charge in [0.15, 0.2) is 11.6 Å². The number of carbonyl (C=O) groups excluding carboxylic acids is 1. The number of rotatable bonds is 7. The van der Waals surface area contributed by atoms with Crippen molar-refractivity contribution in [2.24, 2.45) is 0 Å². The molecule has 0 aliphatic carbocycles. The molecule has 1 N–H and O–H groups in total. The molecule has 0 radical (unpaired) electrons. The molecule has 1 aliphatic rings. The van der Waals surface area contributed by atoms with Gasteiger partial charge in [-0.05, 0) is 55.3 Å². The lowest BCUT2D eigenvalue weighted by molar-refractivity contribution is 0.0950. The lowest BCUT2D eigenvalue weighted by Gasteiger charge is -2.25. The zero-order valence-corrected chi connectivity index (χ0v) is 21.6. The van der Waals surface area contributed by atoms with Gasteiger partial charge in [-0.2, -0.15) is 0 Å². The largest absolute Gasteiger partial charge is 0.494 e. The number of halogens is 1. The number of nitrogens with zero attached hydrogens (tertiary/aromatic N) is 5. The normalized spacial score (nSPS) is 13.3. The van der Waals surface area contributed by atoms with Crippen molar-refractivity contribution >= 4 is 5.91 Å².